The highest BCUT2D eigenvalue weighted by Crippen LogP contribution is 2.18. The fourth-order valence-electron chi connectivity index (χ4n) is 1.71. The van der Waals surface area contributed by atoms with Gasteiger partial charge in [-0.25, -0.2) is 4.99 Å². The van der Waals surface area contributed by atoms with Gasteiger partial charge in [0.1, 0.15) is 11.5 Å². The smallest absolute Gasteiger partial charge is 0.387 e. The highest BCUT2D eigenvalue weighted by atomic mass is 32.1. The minimum atomic E-state index is -4.51. The zero-order chi connectivity index (χ0) is 19.1. The van der Waals surface area contributed by atoms with Crippen LogP contribution in [0.5, 0.6) is 0 Å². The fourth-order valence-corrected chi connectivity index (χ4v) is 1.78. The summed E-state index contributed by atoms with van der Waals surface area (Å²) in [5.41, 5.74) is 5.52. The van der Waals surface area contributed by atoms with Gasteiger partial charge in [-0.05, 0) is 26.0 Å². The van der Waals surface area contributed by atoms with Gasteiger partial charge in [0.2, 0.25) is 0 Å². The molecule has 138 valence electrons. The van der Waals surface area contributed by atoms with Gasteiger partial charge in [-0.15, -0.1) is 0 Å². The first kappa shape index (κ1) is 21.0. The number of aliphatic imine (C=N–C) groups is 3. The van der Waals surface area contributed by atoms with E-state index in [0.717, 1.165) is 11.9 Å². The predicted molar refractivity (Wildman–Crippen MR) is 101 cm³/mol. The number of amidine groups is 2. The van der Waals surface area contributed by atoms with E-state index in [-0.39, 0.29) is 11.3 Å². The molecule has 0 fully saturated rings. The van der Waals surface area contributed by atoms with Crippen molar-refractivity contribution in [3.05, 3.63) is 36.7 Å². The first-order valence-electron chi connectivity index (χ1n) is 7.48. The number of hydrogen-bond acceptors (Lipinski definition) is 5. The van der Waals surface area contributed by atoms with Gasteiger partial charge in [0.25, 0.3) is 0 Å². The lowest BCUT2D eigenvalue weighted by atomic mass is 10.2. The Hall–Kier alpha value is -2.03. The molecule has 9 heteroatoms. The maximum atomic E-state index is 12.5. The third-order valence-corrected chi connectivity index (χ3v) is 2.95. The third-order valence-electron chi connectivity index (χ3n) is 2.81. The number of alkyl halides is 3. The zero-order valence-corrected chi connectivity index (χ0v) is 15.0. The normalized spacial score (nSPS) is 18.3. The Morgan fingerprint density at radius 3 is 2.72 bits per heavy atom. The number of rotatable bonds is 7. The van der Waals surface area contributed by atoms with Crippen LogP contribution in [0.4, 0.5) is 13.2 Å². The van der Waals surface area contributed by atoms with E-state index >= 15 is 0 Å². The fraction of sp³-hybridized carbons (Fsp3) is 0.438. The lowest BCUT2D eigenvalue weighted by molar-refractivity contribution is -0.0576. The Morgan fingerprint density at radius 2 is 2.16 bits per heavy atom. The largest absolute Gasteiger partial charge is 0.433 e. The minimum absolute atomic E-state index is 0.266. The average molecular weight is 373 g/mol. The Kier molecular flexibility index (Phi) is 7.47. The van der Waals surface area contributed by atoms with Gasteiger partial charge >= 0.3 is 6.18 Å². The molecule has 0 aromatic carbocycles. The van der Waals surface area contributed by atoms with Crippen molar-refractivity contribution in [2.45, 2.75) is 31.2 Å². The Morgan fingerprint density at radius 1 is 1.48 bits per heavy atom. The molecule has 0 aromatic heterocycles. The van der Waals surface area contributed by atoms with Crippen LogP contribution in [0.3, 0.4) is 0 Å². The van der Waals surface area contributed by atoms with Crippen LogP contribution in [0, 0.1) is 0 Å². The van der Waals surface area contributed by atoms with Crippen molar-refractivity contribution in [1.29, 1.82) is 0 Å². The molecule has 5 nitrogen and oxygen atoms in total. The lowest BCUT2D eigenvalue weighted by Gasteiger charge is -2.16. The van der Waals surface area contributed by atoms with Crippen molar-refractivity contribution < 1.29 is 13.2 Å². The van der Waals surface area contributed by atoms with E-state index < -0.39 is 11.9 Å². The molecule has 0 saturated heterocycles. The van der Waals surface area contributed by atoms with Gasteiger partial charge in [-0.2, -0.15) is 25.8 Å². The van der Waals surface area contributed by atoms with Gasteiger partial charge < -0.3 is 11.1 Å². The first-order chi connectivity index (χ1) is 11.5. The number of nitrogens with one attached hydrogen (secondary N) is 1. The number of dihydropyridines is 1. The van der Waals surface area contributed by atoms with Crippen LogP contribution in [0.25, 0.3) is 0 Å². The van der Waals surface area contributed by atoms with E-state index in [1.165, 1.54) is 6.08 Å². The lowest BCUT2D eigenvalue weighted by Crippen LogP contribution is -2.26. The molecule has 3 N–H and O–H groups in total. The summed E-state index contributed by atoms with van der Waals surface area (Å²) >= 11 is 4.39. The molecule has 25 heavy (non-hydrogen) atoms. The van der Waals surface area contributed by atoms with Crippen molar-refractivity contribution in [2.24, 2.45) is 20.7 Å². The van der Waals surface area contributed by atoms with Gasteiger partial charge in [0.05, 0.1) is 6.54 Å². The summed E-state index contributed by atoms with van der Waals surface area (Å²) in [5, 5.41) is 3.05. The van der Waals surface area contributed by atoms with Crippen molar-refractivity contribution >= 4 is 30.0 Å². The highest BCUT2D eigenvalue weighted by Gasteiger charge is 2.32. The number of thiol groups is 1. The molecule has 0 aliphatic carbocycles. The van der Waals surface area contributed by atoms with E-state index in [9.17, 15) is 13.2 Å². The van der Waals surface area contributed by atoms with Crippen LogP contribution in [-0.2, 0) is 0 Å². The molecule has 1 aliphatic rings. The highest BCUT2D eigenvalue weighted by molar-refractivity contribution is 7.81. The van der Waals surface area contributed by atoms with E-state index in [1.54, 1.807) is 6.08 Å². The van der Waals surface area contributed by atoms with Crippen molar-refractivity contribution in [3.63, 3.8) is 0 Å². The molecule has 0 amide bonds. The van der Waals surface area contributed by atoms with Crippen molar-refractivity contribution in [1.82, 2.24) is 5.32 Å². The third kappa shape index (κ3) is 8.57. The second-order valence-corrected chi connectivity index (χ2v) is 7.13. The quantitative estimate of drug-likeness (QED) is 0.474. The summed E-state index contributed by atoms with van der Waals surface area (Å²) in [5.74, 6) is 0.898. The molecule has 0 bridgehead atoms. The molecule has 0 radical (unpaired) electrons. The summed E-state index contributed by atoms with van der Waals surface area (Å²) in [6.07, 6.45) is 0.869. The molecule has 0 aromatic rings. The maximum Gasteiger partial charge on any atom is 0.433 e. The molecular formula is C16H22F3N5S. The van der Waals surface area contributed by atoms with Gasteiger partial charge in [-0.1, -0.05) is 6.58 Å². The second-order valence-electron chi connectivity index (χ2n) is 5.92. The molecule has 1 aliphatic heterocycles. The number of hydrogen-bond donors (Lipinski definition) is 3. The number of allylic oxidation sites excluding steroid dienone is 1. The summed E-state index contributed by atoms with van der Waals surface area (Å²) in [6.45, 7) is 7.73. The van der Waals surface area contributed by atoms with Gasteiger partial charge in [-0.3, -0.25) is 9.98 Å². The molecule has 0 atom stereocenters. The molecule has 0 spiro atoms. The van der Waals surface area contributed by atoms with Gasteiger partial charge in [0, 0.05) is 35.7 Å². The second kappa shape index (κ2) is 8.89. The van der Waals surface area contributed by atoms with E-state index in [1.807, 2.05) is 13.8 Å². The summed E-state index contributed by atoms with van der Waals surface area (Å²) in [6, 6.07) is 0. The molecule has 1 heterocycles. The van der Waals surface area contributed by atoms with Crippen LogP contribution < -0.4 is 11.1 Å². The first-order valence-corrected chi connectivity index (χ1v) is 7.93. The van der Waals surface area contributed by atoms with Crippen LogP contribution >= 0.6 is 12.6 Å². The number of nitrogens with two attached hydrogens (primary N) is 1. The van der Waals surface area contributed by atoms with Crippen LogP contribution in [0.2, 0.25) is 0 Å². The molecule has 1 rings (SSSR count). The standard InChI is InChI=1S/C16H22F3N5S/c1-4-12(16(17,18)19)22-7-5-6-21-11-8-13(20)24-14(9-11)23-10-15(2,3)25/h4-5,7,9,21,25H,1,6,8,10H2,2-3H3,(H2,20,23,24)/b7-5-,22-12?. The van der Waals surface area contributed by atoms with Crippen LogP contribution in [0.1, 0.15) is 20.3 Å². The van der Waals surface area contributed by atoms with Gasteiger partial charge in [0.15, 0.2) is 5.84 Å². The van der Waals surface area contributed by atoms with Crippen molar-refractivity contribution in [2.75, 3.05) is 13.1 Å². The Labute approximate surface area is 150 Å². The Balaban J connectivity index is 2.65. The van der Waals surface area contributed by atoms with E-state index in [4.69, 9.17) is 5.73 Å². The molecule has 0 unspecified atom stereocenters. The molecular weight excluding hydrogens is 351 g/mol. The Bertz CT molecular complexity index is 637. The van der Waals surface area contributed by atoms with E-state index in [2.05, 4.69) is 39.5 Å². The summed E-state index contributed by atoms with van der Waals surface area (Å²) < 4.78 is 37.1. The van der Waals surface area contributed by atoms with E-state index in [0.29, 0.717) is 30.7 Å². The van der Waals surface area contributed by atoms with Crippen LogP contribution in [-0.4, -0.2) is 41.4 Å². The van der Waals surface area contributed by atoms with Crippen LogP contribution in [0.15, 0.2) is 51.7 Å². The monoisotopic (exact) mass is 373 g/mol. The average Bonchev–Trinajstić information content (AvgIpc) is 2.46. The SMILES string of the molecule is C=CC(=N/C=C\CNC1=CC(=NCC(C)(C)S)N=C(N)C1)C(F)(F)F. The number of nitrogens with zero attached hydrogens (tertiary/aromatic N) is 3. The maximum absolute atomic E-state index is 12.5. The summed E-state index contributed by atoms with van der Waals surface area (Å²) in [4.78, 5) is 11.8. The molecule has 0 saturated carbocycles. The summed E-state index contributed by atoms with van der Waals surface area (Å²) in [7, 11) is 0. The minimum Gasteiger partial charge on any atom is -0.387 e. The van der Waals surface area contributed by atoms with Crippen molar-refractivity contribution in [3.8, 4) is 0 Å². The number of halogens is 3. The zero-order valence-electron chi connectivity index (χ0n) is 14.1. The topological polar surface area (TPSA) is 75.1 Å². The predicted octanol–water partition coefficient (Wildman–Crippen LogP) is 3.03.